The van der Waals surface area contributed by atoms with Gasteiger partial charge < -0.3 is 19.9 Å². The summed E-state index contributed by atoms with van der Waals surface area (Å²) < 4.78 is 5.51. The molecule has 4 rings (SSSR count). The van der Waals surface area contributed by atoms with Gasteiger partial charge in [0.05, 0.1) is 18.8 Å². The molecule has 0 amide bonds. The first-order valence-electron chi connectivity index (χ1n) is 8.73. The van der Waals surface area contributed by atoms with Gasteiger partial charge in [-0.05, 0) is 18.8 Å². The summed E-state index contributed by atoms with van der Waals surface area (Å²) in [4.78, 5) is 18.9. The highest BCUT2D eigenvalue weighted by Gasteiger charge is 2.23. The van der Waals surface area contributed by atoms with Crippen LogP contribution in [0.15, 0.2) is 18.7 Å². The van der Waals surface area contributed by atoms with E-state index in [0.717, 1.165) is 57.3 Å². The highest BCUT2D eigenvalue weighted by Crippen LogP contribution is 2.22. The molecule has 7 heteroatoms. The van der Waals surface area contributed by atoms with Crippen LogP contribution in [0.4, 0.5) is 5.82 Å². The third kappa shape index (κ3) is 3.57. The van der Waals surface area contributed by atoms with Gasteiger partial charge in [0.2, 0.25) is 0 Å². The molecule has 2 N–H and O–H groups in total. The summed E-state index contributed by atoms with van der Waals surface area (Å²) in [6.07, 6.45) is 8.44. The molecule has 7 nitrogen and oxygen atoms in total. The number of hydrogen-bond acceptors (Lipinski definition) is 6. The third-order valence-electron chi connectivity index (χ3n) is 4.90. The number of nitrogens with one attached hydrogen (secondary N) is 2. The molecule has 2 aromatic rings. The molecule has 2 aromatic heterocycles. The number of hydrogen-bond donors (Lipinski definition) is 2. The van der Waals surface area contributed by atoms with E-state index in [9.17, 15) is 0 Å². The molecule has 1 saturated heterocycles. The van der Waals surface area contributed by atoms with Gasteiger partial charge in [0, 0.05) is 50.6 Å². The van der Waals surface area contributed by atoms with Crippen LogP contribution in [0.25, 0.3) is 0 Å². The van der Waals surface area contributed by atoms with Gasteiger partial charge in [0.15, 0.2) is 0 Å². The Labute approximate surface area is 141 Å². The van der Waals surface area contributed by atoms with Crippen molar-refractivity contribution in [2.75, 3.05) is 38.2 Å². The van der Waals surface area contributed by atoms with E-state index in [-0.39, 0.29) is 0 Å². The Morgan fingerprint density at radius 3 is 3.04 bits per heavy atom. The third-order valence-corrected chi connectivity index (χ3v) is 4.90. The van der Waals surface area contributed by atoms with Crippen molar-refractivity contribution in [2.24, 2.45) is 5.92 Å². The monoisotopic (exact) mass is 328 g/mol. The summed E-state index contributed by atoms with van der Waals surface area (Å²) in [6.45, 7) is 5.75. The number of rotatable bonds is 5. The van der Waals surface area contributed by atoms with Crippen LogP contribution in [0.3, 0.4) is 0 Å². The SMILES string of the molecule is c1c[nH]c(CNc2ncnc3c2CCN(CC2CCOC2)CC3)n1. The minimum absolute atomic E-state index is 0.652. The van der Waals surface area contributed by atoms with E-state index >= 15 is 0 Å². The zero-order valence-electron chi connectivity index (χ0n) is 13.9. The number of ether oxygens (including phenoxy) is 1. The van der Waals surface area contributed by atoms with Gasteiger partial charge in [-0.1, -0.05) is 0 Å². The second-order valence-corrected chi connectivity index (χ2v) is 6.57. The highest BCUT2D eigenvalue weighted by molar-refractivity contribution is 5.46. The Morgan fingerprint density at radius 1 is 1.25 bits per heavy atom. The van der Waals surface area contributed by atoms with Crippen molar-refractivity contribution < 1.29 is 4.74 Å². The van der Waals surface area contributed by atoms with Crippen LogP contribution in [0.2, 0.25) is 0 Å². The molecule has 0 radical (unpaired) electrons. The standard InChI is InChI=1S/C17H24N6O/c1-6-23(10-13-3-8-24-11-13)7-2-15-14(1)17(22-12-21-15)20-9-16-18-4-5-19-16/h4-5,12-13H,1-3,6-11H2,(H,18,19)(H,20,21,22). The average molecular weight is 328 g/mol. The van der Waals surface area contributed by atoms with E-state index in [1.54, 1.807) is 12.5 Å². The normalized spacial score (nSPS) is 21.4. The van der Waals surface area contributed by atoms with Gasteiger partial charge in [0.25, 0.3) is 0 Å². The Bertz CT molecular complexity index is 653. The van der Waals surface area contributed by atoms with Crippen molar-refractivity contribution in [2.45, 2.75) is 25.8 Å². The summed E-state index contributed by atoms with van der Waals surface area (Å²) >= 11 is 0. The van der Waals surface area contributed by atoms with Crippen LogP contribution >= 0.6 is 0 Å². The van der Waals surface area contributed by atoms with Gasteiger partial charge in [0.1, 0.15) is 18.0 Å². The maximum Gasteiger partial charge on any atom is 0.133 e. The van der Waals surface area contributed by atoms with E-state index in [2.05, 4.69) is 30.2 Å². The molecule has 2 aliphatic rings. The molecule has 0 aliphatic carbocycles. The maximum atomic E-state index is 5.51. The first kappa shape index (κ1) is 15.5. The van der Waals surface area contributed by atoms with Gasteiger partial charge in [-0.3, -0.25) is 0 Å². The topological polar surface area (TPSA) is 79.0 Å². The summed E-state index contributed by atoms with van der Waals surface area (Å²) in [5, 5.41) is 3.41. The van der Waals surface area contributed by atoms with E-state index < -0.39 is 0 Å². The maximum absolute atomic E-state index is 5.51. The van der Waals surface area contributed by atoms with Gasteiger partial charge in [-0.25, -0.2) is 15.0 Å². The molecule has 0 spiro atoms. The van der Waals surface area contributed by atoms with Crippen molar-refractivity contribution in [3.05, 3.63) is 35.8 Å². The quantitative estimate of drug-likeness (QED) is 0.860. The van der Waals surface area contributed by atoms with Gasteiger partial charge in [-0.15, -0.1) is 0 Å². The first-order valence-corrected chi connectivity index (χ1v) is 8.73. The second kappa shape index (κ2) is 7.27. The Hall–Kier alpha value is -1.99. The van der Waals surface area contributed by atoms with Crippen LogP contribution in [-0.4, -0.2) is 57.7 Å². The summed E-state index contributed by atoms with van der Waals surface area (Å²) in [7, 11) is 0. The van der Waals surface area contributed by atoms with E-state index in [1.165, 1.54) is 17.7 Å². The lowest BCUT2D eigenvalue weighted by Gasteiger charge is -2.22. The van der Waals surface area contributed by atoms with Crippen LogP contribution < -0.4 is 5.32 Å². The van der Waals surface area contributed by atoms with E-state index in [1.807, 2.05) is 6.20 Å². The molecule has 4 heterocycles. The fraction of sp³-hybridized carbons (Fsp3) is 0.588. The number of aromatic nitrogens is 4. The second-order valence-electron chi connectivity index (χ2n) is 6.57. The molecule has 0 bridgehead atoms. The fourth-order valence-electron chi connectivity index (χ4n) is 3.56. The fourth-order valence-corrected chi connectivity index (χ4v) is 3.56. The molecular weight excluding hydrogens is 304 g/mol. The Morgan fingerprint density at radius 2 is 2.21 bits per heavy atom. The number of anilines is 1. The zero-order valence-corrected chi connectivity index (χ0v) is 13.9. The number of H-pyrrole nitrogens is 1. The van der Waals surface area contributed by atoms with E-state index in [0.29, 0.717) is 12.5 Å². The zero-order chi connectivity index (χ0) is 16.2. The van der Waals surface area contributed by atoms with Gasteiger partial charge in [-0.2, -0.15) is 0 Å². The molecule has 1 unspecified atom stereocenters. The lowest BCUT2D eigenvalue weighted by atomic mass is 10.1. The van der Waals surface area contributed by atoms with Crippen molar-refractivity contribution in [3.63, 3.8) is 0 Å². The van der Waals surface area contributed by atoms with E-state index in [4.69, 9.17) is 4.74 Å². The van der Waals surface area contributed by atoms with Crippen molar-refractivity contribution >= 4 is 5.82 Å². The lowest BCUT2D eigenvalue weighted by molar-refractivity contribution is 0.168. The minimum atomic E-state index is 0.652. The summed E-state index contributed by atoms with van der Waals surface area (Å²) in [5.41, 5.74) is 2.44. The largest absolute Gasteiger partial charge is 0.381 e. The van der Waals surface area contributed by atoms with Gasteiger partial charge >= 0.3 is 0 Å². The molecule has 24 heavy (non-hydrogen) atoms. The molecule has 1 atom stereocenters. The predicted octanol–water partition coefficient (Wildman–Crippen LogP) is 1.25. The molecule has 2 aliphatic heterocycles. The number of imidazole rings is 1. The average Bonchev–Trinajstić information content (AvgIpc) is 3.26. The minimum Gasteiger partial charge on any atom is -0.381 e. The van der Waals surface area contributed by atoms with Crippen LogP contribution in [0, 0.1) is 5.92 Å². The number of aromatic amines is 1. The molecule has 128 valence electrons. The smallest absolute Gasteiger partial charge is 0.133 e. The summed E-state index contributed by atoms with van der Waals surface area (Å²) in [5.74, 6) is 2.55. The number of fused-ring (bicyclic) bond motifs is 1. The van der Waals surface area contributed by atoms with Crippen LogP contribution in [0.1, 0.15) is 23.5 Å². The lowest BCUT2D eigenvalue weighted by Crippen LogP contribution is -2.32. The summed E-state index contributed by atoms with van der Waals surface area (Å²) in [6, 6.07) is 0. The van der Waals surface area contributed by atoms with Crippen molar-refractivity contribution in [3.8, 4) is 0 Å². The molecule has 0 saturated carbocycles. The predicted molar refractivity (Wildman–Crippen MR) is 90.7 cm³/mol. The van der Waals surface area contributed by atoms with Crippen molar-refractivity contribution in [1.29, 1.82) is 0 Å². The molecule has 1 fully saturated rings. The Balaban J connectivity index is 1.41. The first-order chi connectivity index (χ1) is 11.9. The highest BCUT2D eigenvalue weighted by atomic mass is 16.5. The molecule has 0 aromatic carbocycles. The van der Waals surface area contributed by atoms with Crippen molar-refractivity contribution in [1.82, 2.24) is 24.8 Å². The molecular formula is C17H24N6O. The van der Waals surface area contributed by atoms with Crippen LogP contribution in [-0.2, 0) is 24.1 Å². The number of nitrogens with zero attached hydrogens (tertiary/aromatic N) is 4. The Kier molecular flexibility index (Phi) is 4.71. The van der Waals surface area contributed by atoms with Crippen LogP contribution in [0.5, 0.6) is 0 Å².